The maximum Gasteiger partial charge on any atom is 0.224 e. The number of carbonyl (C=O) groups excluding carboxylic acids is 1. The van der Waals surface area contributed by atoms with Gasteiger partial charge in [-0.15, -0.1) is 0 Å². The lowest BCUT2D eigenvalue weighted by Gasteiger charge is -2.17. The van der Waals surface area contributed by atoms with Crippen LogP contribution in [0.3, 0.4) is 0 Å². The Morgan fingerprint density at radius 2 is 1.88 bits per heavy atom. The first-order valence-corrected chi connectivity index (χ1v) is 9.01. The van der Waals surface area contributed by atoms with Gasteiger partial charge < -0.3 is 9.47 Å². The molecular formula is C21H24FN3O. The number of imidazole rings is 1. The van der Waals surface area contributed by atoms with E-state index in [0.717, 1.165) is 35.4 Å². The minimum Gasteiger partial charge on any atom is -0.346 e. The molecule has 1 amide bonds. The SMILES string of the molecule is CCCN(C)C(=O)CCn1c(Cc2ccc(F)cc2)nc2ccccc21. The number of nitrogens with zero attached hydrogens (tertiary/aromatic N) is 3. The molecule has 5 heteroatoms. The lowest BCUT2D eigenvalue weighted by Crippen LogP contribution is -2.28. The van der Waals surface area contributed by atoms with Gasteiger partial charge in [0.15, 0.2) is 0 Å². The van der Waals surface area contributed by atoms with Crippen molar-refractivity contribution in [2.45, 2.75) is 32.7 Å². The van der Waals surface area contributed by atoms with Gasteiger partial charge in [0.05, 0.1) is 11.0 Å². The van der Waals surface area contributed by atoms with Crippen LogP contribution < -0.4 is 0 Å². The Morgan fingerprint density at radius 3 is 2.62 bits per heavy atom. The molecule has 0 bridgehead atoms. The van der Waals surface area contributed by atoms with Gasteiger partial charge in [-0.05, 0) is 36.2 Å². The minimum absolute atomic E-state index is 0.136. The topological polar surface area (TPSA) is 38.1 Å². The number of halogens is 1. The molecule has 26 heavy (non-hydrogen) atoms. The van der Waals surface area contributed by atoms with Crippen molar-refractivity contribution in [1.82, 2.24) is 14.5 Å². The molecule has 4 nitrogen and oxygen atoms in total. The number of amides is 1. The van der Waals surface area contributed by atoms with Gasteiger partial charge >= 0.3 is 0 Å². The molecule has 0 N–H and O–H groups in total. The van der Waals surface area contributed by atoms with E-state index in [4.69, 9.17) is 4.98 Å². The summed E-state index contributed by atoms with van der Waals surface area (Å²) in [6.07, 6.45) is 1.99. The highest BCUT2D eigenvalue weighted by Gasteiger charge is 2.14. The van der Waals surface area contributed by atoms with Crippen molar-refractivity contribution < 1.29 is 9.18 Å². The summed E-state index contributed by atoms with van der Waals surface area (Å²) in [5, 5.41) is 0. The van der Waals surface area contributed by atoms with Crippen molar-refractivity contribution in [2.24, 2.45) is 0 Å². The number of carbonyl (C=O) groups is 1. The molecule has 1 aromatic heterocycles. The zero-order chi connectivity index (χ0) is 18.5. The predicted octanol–water partition coefficient (Wildman–Crippen LogP) is 4.02. The Kier molecular flexibility index (Phi) is 5.66. The molecule has 1 heterocycles. The molecule has 0 spiro atoms. The fourth-order valence-corrected chi connectivity index (χ4v) is 3.15. The fraction of sp³-hybridized carbons (Fsp3) is 0.333. The first kappa shape index (κ1) is 18.1. The predicted molar refractivity (Wildman–Crippen MR) is 101 cm³/mol. The molecule has 0 saturated heterocycles. The van der Waals surface area contributed by atoms with Crippen molar-refractivity contribution >= 4 is 16.9 Å². The molecule has 0 atom stereocenters. The number of benzene rings is 2. The third kappa shape index (κ3) is 4.10. The largest absolute Gasteiger partial charge is 0.346 e. The van der Waals surface area contributed by atoms with Crippen LogP contribution in [-0.2, 0) is 17.8 Å². The normalized spacial score (nSPS) is 11.0. The standard InChI is InChI=1S/C21H24FN3O/c1-3-13-24(2)21(26)12-14-25-19-7-5-4-6-18(19)23-20(25)15-16-8-10-17(22)11-9-16/h4-11H,3,12-15H2,1-2H3. The smallest absolute Gasteiger partial charge is 0.224 e. The number of fused-ring (bicyclic) bond motifs is 1. The van der Waals surface area contributed by atoms with Gasteiger partial charge in [0.1, 0.15) is 11.6 Å². The Morgan fingerprint density at radius 1 is 1.15 bits per heavy atom. The van der Waals surface area contributed by atoms with E-state index in [9.17, 15) is 9.18 Å². The highest BCUT2D eigenvalue weighted by atomic mass is 19.1. The van der Waals surface area contributed by atoms with Crippen LogP contribution in [0.4, 0.5) is 4.39 Å². The van der Waals surface area contributed by atoms with Gasteiger partial charge in [0.2, 0.25) is 5.91 Å². The van der Waals surface area contributed by atoms with E-state index < -0.39 is 0 Å². The van der Waals surface area contributed by atoms with Crippen LogP contribution in [0.25, 0.3) is 11.0 Å². The number of aromatic nitrogens is 2. The third-order valence-corrected chi connectivity index (χ3v) is 4.54. The lowest BCUT2D eigenvalue weighted by molar-refractivity contribution is -0.130. The van der Waals surface area contributed by atoms with E-state index in [1.165, 1.54) is 12.1 Å². The van der Waals surface area contributed by atoms with Crippen molar-refractivity contribution in [3.8, 4) is 0 Å². The van der Waals surface area contributed by atoms with Gasteiger partial charge in [-0.2, -0.15) is 0 Å². The lowest BCUT2D eigenvalue weighted by atomic mass is 10.1. The summed E-state index contributed by atoms with van der Waals surface area (Å²) in [6, 6.07) is 14.4. The van der Waals surface area contributed by atoms with Gasteiger partial charge in [-0.3, -0.25) is 4.79 Å². The number of rotatable bonds is 7. The zero-order valence-corrected chi connectivity index (χ0v) is 15.3. The summed E-state index contributed by atoms with van der Waals surface area (Å²) in [6.45, 7) is 3.42. The first-order valence-electron chi connectivity index (χ1n) is 9.01. The van der Waals surface area contributed by atoms with Crippen LogP contribution in [0, 0.1) is 5.82 Å². The monoisotopic (exact) mass is 353 g/mol. The van der Waals surface area contributed by atoms with E-state index in [1.54, 1.807) is 17.0 Å². The Bertz CT molecular complexity index is 886. The highest BCUT2D eigenvalue weighted by molar-refractivity contribution is 5.78. The van der Waals surface area contributed by atoms with Crippen LogP contribution in [-0.4, -0.2) is 34.0 Å². The van der Waals surface area contributed by atoms with Crippen LogP contribution in [0.5, 0.6) is 0 Å². The molecular weight excluding hydrogens is 329 g/mol. The van der Waals surface area contributed by atoms with E-state index in [-0.39, 0.29) is 11.7 Å². The third-order valence-electron chi connectivity index (χ3n) is 4.54. The molecule has 0 fully saturated rings. The van der Waals surface area contributed by atoms with E-state index in [2.05, 4.69) is 11.5 Å². The van der Waals surface area contributed by atoms with Gasteiger partial charge in [0, 0.05) is 33.0 Å². The van der Waals surface area contributed by atoms with Crippen LogP contribution >= 0.6 is 0 Å². The molecule has 2 aromatic carbocycles. The van der Waals surface area contributed by atoms with Crippen molar-refractivity contribution in [1.29, 1.82) is 0 Å². The quantitative estimate of drug-likeness (QED) is 0.643. The second-order valence-electron chi connectivity index (χ2n) is 6.54. The minimum atomic E-state index is -0.244. The number of hydrogen-bond donors (Lipinski definition) is 0. The van der Waals surface area contributed by atoms with Crippen molar-refractivity contribution in [3.63, 3.8) is 0 Å². The van der Waals surface area contributed by atoms with Crippen molar-refractivity contribution in [3.05, 3.63) is 65.7 Å². The molecule has 0 aliphatic heterocycles. The first-order chi connectivity index (χ1) is 12.6. The molecule has 0 unspecified atom stereocenters. The van der Waals surface area contributed by atoms with Crippen LogP contribution in [0.2, 0.25) is 0 Å². The summed E-state index contributed by atoms with van der Waals surface area (Å²) >= 11 is 0. The molecule has 3 aromatic rings. The Balaban J connectivity index is 1.85. The summed E-state index contributed by atoms with van der Waals surface area (Å²) in [4.78, 5) is 18.8. The van der Waals surface area contributed by atoms with Crippen LogP contribution in [0.15, 0.2) is 48.5 Å². The molecule has 0 aliphatic carbocycles. The van der Waals surface area contributed by atoms with E-state index in [0.29, 0.717) is 19.4 Å². The zero-order valence-electron chi connectivity index (χ0n) is 15.3. The molecule has 3 rings (SSSR count). The van der Waals surface area contributed by atoms with Crippen LogP contribution in [0.1, 0.15) is 31.2 Å². The molecule has 136 valence electrons. The van der Waals surface area contributed by atoms with Gasteiger partial charge in [-0.1, -0.05) is 31.2 Å². The number of para-hydroxylation sites is 2. The Labute approximate surface area is 153 Å². The highest BCUT2D eigenvalue weighted by Crippen LogP contribution is 2.19. The van der Waals surface area contributed by atoms with E-state index >= 15 is 0 Å². The maximum absolute atomic E-state index is 13.2. The summed E-state index contributed by atoms with van der Waals surface area (Å²) < 4.78 is 15.3. The molecule has 0 aliphatic rings. The number of hydrogen-bond acceptors (Lipinski definition) is 2. The Hall–Kier alpha value is -2.69. The molecule has 0 saturated carbocycles. The average molecular weight is 353 g/mol. The number of aryl methyl sites for hydroxylation is 1. The summed E-state index contributed by atoms with van der Waals surface area (Å²) in [5.41, 5.74) is 2.94. The average Bonchev–Trinajstić information content (AvgIpc) is 2.99. The molecule has 0 radical (unpaired) electrons. The second kappa shape index (κ2) is 8.13. The van der Waals surface area contributed by atoms with Gasteiger partial charge in [0.25, 0.3) is 0 Å². The van der Waals surface area contributed by atoms with Gasteiger partial charge in [-0.25, -0.2) is 9.37 Å². The second-order valence-corrected chi connectivity index (χ2v) is 6.54. The fourth-order valence-electron chi connectivity index (χ4n) is 3.15. The van der Waals surface area contributed by atoms with E-state index in [1.807, 2.05) is 31.3 Å². The summed E-state index contributed by atoms with van der Waals surface area (Å²) in [7, 11) is 1.84. The maximum atomic E-state index is 13.2. The van der Waals surface area contributed by atoms with Crippen molar-refractivity contribution in [2.75, 3.05) is 13.6 Å². The summed E-state index contributed by atoms with van der Waals surface area (Å²) in [5.74, 6) is 0.785.